The molecule has 2 heterocycles. The first-order valence-corrected chi connectivity index (χ1v) is 6.91. The molecule has 0 amide bonds. The van der Waals surface area contributed by atoms with Crippen LogP contribution >= 0.6 is 22.9 Å². The fourth-order valence-electron chi connectivity index (χ4n) is 3.00. The molecule has 1 spiro atoms. The molecule has 2 aliphatic rings. The summed E-state index contributed by atoms with van der Waals surface area (Å²) in [5, 5.41) is 10.1. The Balaban J connectivity index is 1.61. The summed E-state index contributed by atoms with van der Waals surface area (Å²) in [7, 11) is 0. The molecule has 16 heavy (non-hydrogen) atoms. The van der Waals surface area contributed by atoms with Gasteiger partial charge in [0.05, 0.1) is 16.5 Å². The molecule has 1 aliphatic heterocycles. The Morgan fingerprint density at radius 1 is 1.62 bits per heavy atom. The van der Waals surface area contributed by atoms with E-state index in [1.165, 1.54) is 11.3 Å². The van der Waals surface area contributed by atoms with Gasteiger partial charge in [-0.2, -0.15) is 0 Å². The van der Waals surface area contributed by atoms with Crippen LogP contribution in [0, 0.1) is 5.41 Å². The lowest BCUT2D eigenvalue weighted by Gasteiger charge is -2.42. The fraction of sp³-hybridized carbons (Fsp3) is 0.727. The van der Waals surface area contributed by atoms with E-state index in [2.05, 4.69) is 9.88 Å². The van der Waals surface area contributed by atoms with Crippen molar-refractivity contribution in [2.45, 2.75) is 31.9 Å². The zero-order chi connectivity index (χ0) is 11.2. The molecule has 5 heteroatoms. The van der Waals surface area contributed by atoms with Gasteiger partial charge in [0, 0.05) is 13.1 Å². The molecule has 2 fully saturated rings. The van der Waals surface area contributed by atoms with E-state index in [1.54, 1.807) is 16.8 Å². The van der Waals surface area contributed by atoms with E-state index in [1.807, 2.05) is 0 Å². The summed E-state index contributed by atoms with van der Waals surface area (Å²) in [6.07, 6.45) is 3.15. The Hall–Kier alpha value is -0.160. The Morgan fingerprint density at radius 3 is 3.06 bits per heavy atom. The third-order valence-electron chi connectivity index (χ3n) is 3.81. The highest BCUT2D eigenvalue weighted by atomic mass is 35.5. The standard InChI is InChI=1S/C11H15ClN2OS/c12-10-9(16-7-13-10)5-14-2-1-11(6-14)3-8(15)4-11/h7-8,15H,1-6H2. The lowest BCUT2D eigenvalue weighted by atomic mass is 9.66. The van der Waals surface area contributed by atoms with E-state index in [0.717, 1.165) is 32.5 Å². The molecule has 0 unspecified atom stereocenters. The minimum absolute atomic E-state index is 0.0491. The Morgan fingerprint density at radius 2 is 2.44 bits per heavy atom. The van der Waals surface area contributed by atoms with Crippen LogP contribution < -0.4 is 0 Å². The second kappa shape index (κ2) is 3.95. The molecule has 1 saturated carbocycles. The van der Waals surface area contributed by atoms with Crippen LogP contribution in [-0.4, -0.2) is 34.2 Å². The van der Waals surface area contributed by atoms with E-state index in [9.17, 15) is 5.11 Å². The number of aliphatic hydroxyl groups excluding tert-OH is 1. The molecular weight excluding hydrogens is 244 g/mol. The quantitative estimate of drug-likeness (QED) is 0.883. The number of aromatic nitrogens is 1. The maximum absolute atomic E-state index is 9.41. The largest absolute Gasteiger partial charge is 0.393 e. The summed E-state index contributed by atoms with van der Waals surface area (Å²) in [6.45, 7) is 3.15. The molecule has 1 N–H and O–H groups in total. The number of likely N-dealkylation sites (tertiary alicyclic amines) is 1. The summed E-state index contributed by atoms with van der Waals surface area (Å²) in [4.78, 5) is 7.66. The second-order valence-corrected chi connectivity index (χ2v) is 6.39. The van der Waals surface area contributed by atoms with Crippen LogP contribution in [0.4, 0.5) is 0 Å². The molecule has 0 aromatic carbocycles. The molecule has 3 nitrogen and oxygen atoms in total. The SMILES string of the molecule is OC1CC2(CCN(Cc3scnc3Cl)C2)C1. The van der Waals surface area contributed by atoms with Crippen LogP contribution in [-0.2, 0) is 6.54 Å². The lowest BCUT2D eigenvalue weighted by molar-refractivity contribution is -0.0254. The topological polar surface area (TPSA) is 36.4 Å². The van der Waals surface area contributed by atoms with Gasteiger partial charge in [-0.25, -0.2) is 4.98 Å². The molecule has 0 atom stereocenters. The van der Waals surface area contributed by atoms with Gasteiger partial charge >= 0.3 is 0 Å². The predicted molar refractivity (Wildman–Crippen MR) is 64.7 cm³/mol. The van der Waals surface area contributed by atoms with Crippen LogP contribution in [0.2, 0.25) is 5.15 Å². The molecule has 1 saturated heterocycles. The van der Waals surface area contributed by atoms with Crippen LogP contribution in [0.1, 0.15) is 24.1 Å². The van der Waals surface area contributed by atoms with E-state index in [-0.39, 0.29) is 6.10 Å². The number of thiazole rings is 1. The van der Waals surface area contributed by atoms with Crippen LogP contribution in [0.5, 0.6) is 0 Å². The van der Waals surface area contributed by atoms with Crippen molar-refractivity contribution < 1.29 is 5.11 Å². The first-order valence-electron chi connectivity index (χ1n) is 5.65. The van der Waals surface area contributed by atoms with Gasteiger partial charge in [-0.3, -0.25) is 4.90 Å². The molecule has 1 aliphatic carbocycles. The average Bonchev–Trinajstić information content (AvgIpc) is 2.75. The molecule has 0 bridgehead atoms. The molecule has 88 valence electrons. The summed E-state index contributed by atoms with van der Waals surface area (Å²) < 4.78 is 0. The first-order chi connectivity index (χ1) is 7.67. The van der Waals surface area contributed by atoms with Crippen molar-refractivity contribution in [1.82, 2.24) is 9.88 Å². The van der Waals surface area contributed by atoms with E-state index in [4.69, 9.17) is 11.6 Å². The highest BCUT2D eigenvalue weighted by Gasteiger charge is 2.47. The second-order valence-electron chi connectivity index (χ2n) is 5.09. The minimum Gasteiger partial charge on any atom is -0.393 e. The number of nitrogens with zero attached hydrogens (tertiary/aromatic N) is 2. The van der Waals surface area contributed by atoms with Gasteiger partial charge in [-0.1, -0.05) is 11.6 Å². The molecule has 0 radical (unpaired) electrons. The number of halogens is 1. The van der Waals surface area contributed by atoms with Crippen molar-refractivity contribution in [2.75, 3.05) is 13.1 Å². The van der Waals surface area contributed by atoms with Crippen molar-refractivity contribution in [1.29, 1.82) is 0 Å². The normalized spacial score (nSPS) is 34.5. The van der Waals surface area contributed by atoms with Gasteiger partial charge in [-0.05, 0) is 31.2 Å². The van der Waals surface area contributed by atoms with Crippen molar-refractivity contribution >= 4 is 22.9 Å². The van der Waals surface area contributed by atoms with Gasteiger partial charge in [0.2, 0.25) is 0 Å². The van der Waals surface area contributed by atoms with E-state index >= 15 is 0 Å². The number of aliphatic hydroxyl groups is 1. The van der Waals surface area contributed by atoms with Gasteiger partial charge in [-0.15, -0.1) is 11.3 Å². The smallest absolute Gasteiger partial charge is 0.144 e. The molecule has 3 rings (SSSR count). The summed E-state index contributed by atoms with van der Waals surface area (Å²) in [5.74, 6) is 0. The van der Waals surface area contributed by atoms with Crippen LogP contribution in [0.3, 0.4) is 0 Å². The minimum atomic E-state index is -0.0491. The molecule has 1 aromatic heterocycles. The Bertz CT molecular complexity index is 389. The van der Waals surface area contributed by atoms with E-state index < -0.39 is 0 Å². The average molecular weight is 259 g/mol. The highest BCUT2D eigenvalue weighted by Crippen LogP contribution is 2.48. The maximum Gasteiger partial charge on any atom is 0.144 e. The summed E-state index contributed by atoms with van der Waals surface area (Å²) in [6, 6.07) is 0. The summed E-state index contributed by atoms with van der Waals surface area (Å²) in [5.41, 5.74) is 2.22. The number of hydrogen-bond acceptors (Lipinski definition) is 4. The lowest BCUT2D eigenvalue weighted by Crippen LogP contribution is -2.42. The zero-order valence-electron chi connectivity index (χ0n) is 9.03. The zero-order valence-corrected chi connectivity index (χ0v) is 10.6. The fourth-order valence-corrected chi connectivity index (χ4v) is 3.99. The van der Waals surface area contributed by atoms with Crippen molar-refractivity contribution in [3.05, 3.63) is 15.5 Å². The first kappa shape index (κ1) is 11.0. The Kier molecular flexibility index (Phi) is 2.70. The van der Waals surface area contributed by atoms with Crippen molar-refractivity contribution in [3.63, 3.8) is 0 Å². The molecule has 1 aromatic rings. The molecular formula is C11H15ClN2OS. The van der Waals surface area contributed by atoms with Crippen LogP contribution in [0.15, 0.2) is 5.51 Å². The summed E-state index contributed by atoms with van der Waals surface area (Å²) >= 11 is 7.62. The Labute approximate surface area is 104 Å². The van der Waals surface area contributed by atoms with Crippen LogP contribution in [0.25, 0.3) is 0 Å². The monoisotopic (exact) mass is 258 g/mol. The number of hydrogen-bond donors (Lipinski definition) is 1. The van der Waals surface area contributed by atoms with Crippen molar-refractivity contribution in [3.8, 4) is 0 Å². The van der Waals surface area contributed by atoms with Gasteiger partial charge in [0.25, 0.3) is 0 Å². The van der Waals surface area contributed by atoms with E-state index in [0.29, 0.717) is 10.6 Å². The highest BCUT2D eigenvalue weighted by molar-refractivity contribution is 7.10. The van der Waals surface area contributed by atoms with Crippen molar-refractivity contribution in [2.24, 2.45) is 5.41 Å². The predicted octanol–water partition coefficient (Wildman–Crippen LogP) is 2.14. The third-order valence-corrected chi connectivity index (χ3v) is 5.07. The maximum atomic E-state index is 9.41. The van der Waals surface area contributed by atoms with Gasteiger partial charge in [0.15, 0.2) is 0 Å². The van der Waals surface area contributed by atoms with Gasteiger partial charge < -0.3 is 5.11 Å². The number of rotatable bonds is 2. The van der Waals surface area contributed by atoms with Gasteiger partial charge in [0.1, 0.15) is 5.15 Å². The third kappa shape index (κ3) is 1.88.